The number of benzene rings is 1. The quantitative estimate of drug-likeness (QED) is 0.840. The van der Waals surface area contributed by atoms with Crippen LogP contribution in [0.3, 0.4) is 0 Å². The molecule has 0 aliphatic carbocycles. The molecule has 1 aromatic carbocycles. The summed E-state index contributed by atoms with van der Waals surface area (Å²) in [5.41, 5.74) is 8.63. The third-order valence-electron chi connectivity index (χ3n) is 3.11. The topological polar surface area (TPSA) is 38.5 Å². The SMILES string of the molecule is CC(N)C(c1ccc2c(c1)CCO2)N(C)C. The molecule has 0 bridgehead atoms. The Morgan fingerprint density at radius 3 is 2.75 bits per heavy atom. The van der Waals surface area contributed by atoms with Crippen LogP contribution >= 0.6 is 0 Å². The van der Waals surface area contributed by atoms with E-state index < -0.39 is 0 Å². The number of rotatable bonds is 3. The Labute approximate surface area is 97.2 Å². The molecule has 0 fully saturated rings. The van der Waals surface area contributed by atoms with Crippen LogP contribution in [0.1, 0.15) is 24.1 Å². The minimum Gasteiger partial charge on any atom is -0.493 e. The zero-order valence-corrected chi connectivity index (χ0v) is 10.2. The van der Waals surface area contributed by atoms with E-state index in [1.807, 2.05) is 6.92 Å². The van der Waals surface area contributed by atoms with Gasteiger partial charge in [0.05, 0.1) is 6.61 Å². The molecule has 0 saturated carbocycles. The molecule has 1 heterocycles. The van der Waals surface area contributed by atoms with E-state index in [1.54, 1.807) is 0 Å². The lowest BCUT2D eigenvalue weighted by Crippen LogP contribution is -2.35. The van der Waals surface area contributed by atoms with Gasteiger partial charge in [-0.2, -0.15) is 0 Å². The van der Waals surface area contributed by atoms with Gasteiger partial charge in [0.25, 0.3) is 0 Å². The summed E-state index contributed by atoms with van der Waals surface area (Å²) in [6.45, 7) is 2.86. The molecule has 3 heteroatoms. The van der Waals surface area contributed by atoms with Crippen LogP contribution in [-0.4, -0.2) is 31.6 Å². The van der Waals surface area contributed by atoms with Crippen molar-refractivity contribution >= 4 is 0 Å². The zero-order chi connectivity index (χ0) is 11.7. The molecule has 2 unspecified atom stereocenters. The summed E-state index contributed by atoms with van der Waals surface area (Å²) in [6, 6.07) is 6.81. The Morgan fingerprint density at radius 1 is 1.38 bits per heavy atom. The first-order chi connectivity index (χ1) is 7.59. The second-order valence-electron chi connectivity index (χ2n) is 4.73. The van der Waals surface area contributed by atoms with Crippen molar-refractivity contribution in [2.45, 2.75) is 25.4 Å². The molecule has 1 aromatic rings. The molecule has 0 spiro atoms. The van der Waals surface area contributed by atoms with Crippen molar-refractivity contribution < 1.29 is 4.74 Å². The largest absolute Gasteiger partial charge is 0.493 e. The Bertz CT molecular complexity index is 366. The first-order valence-electron chi connectivity index (χ1n) is 5.77. The maximum absolute atomic E-state index is 6.04. The normalized spacial score (nSPS) is 18.1. The molecule has 0 radical (unpaired) electrons. The third kappa shape index (κ3) is 2.06. The predicted molar refractivity (Wildman–Crippen MR) is 65.7 cm³/mol. The van der Waals surface area contributed by atoms with Crippen molar-refractivity contribution in [2.75, 3.05) is 20.7 Å². The highest BCUT2D eigenvalue weighted by molar-refractivity contribution is 5.41. The van der Waals surface area contributed by atoms with E-state index in [1.165, 1.54) is 11.1 Å². The molecule has 2 atom stereocenters. The number of hydrogen-bond donors (Lipinski definition) is 1. The highest BCUT2D eigenvalue weighted by Crippen LogP contribution is 2.30. The van der Waals surface area contributed by atoms with Crippen LogP contribution < -0.4 is 10.5 Å². The van der Waals surface area contributed by atoms with Gasteiger partial charge in [0.15, 0.2) is 0 Å². The number of likely N-dealkylation sites (N-methyl/N-ethyl adjacent to an activating group) is 1. The maximum Gasteiger partial charge on any atom is 0.122 e. The minimum atomic E-state index is 0.121. The molecule has 1 aliphatic rings. The summed E-state index contributed by atoms with van der Waals surface area (Å²) in [7, 11) is 4.13. The smallest absolute Gasteiger partial charge is 0.122 e. The van der Waals surface area contributed by atoms with Crippen molar-refractivity contribution in [1.82, 2.24) is 4.90 Å². The van der Waals surface area contributed by atoms with Gasteiger partial charge in [-0.25, -0.2) is 0 Å². The summed E-state index contributed by atoms with van der Waals surface area (Å²) in [5, 5.41) is 0. The summed E-state index contributed by atoms with van der Waals surface area (Å²) in [4.78, 5) is 2.17. The highest BCUT2D eigenvalue weighted by atomic mass is 16.5. The molecule has 1 aliphatic heterocycles. The van der Waals surface area contributed by atoms with Gasteiger partial charge in [-0.15, -0.1) is 0 Å². The van der Waals surface area contributed by atoms with Gasteiger partial charge in [-0.05, 0) is 38.2 Å². The Balaban J connectivity index is 2.32. The molecule has 0 aromatic heterocycles. The van der Waals surface area contributed by atoms with Crippen LogP contribution in [0, 0.1) is 0 Å². The fraction of sp³-hybridized carbons (Fsp3) is 0.538. The lowest BCUT2D eigenvalue weighted by molar-refractivity contribution is 0.266. The van der Waals surface area contributed by atoms with Gasteiger partial charge in [0.1, 0.15) is 5.75 Å². The number of ether oxygens (including phenoxy) is 1. The number of nitrogens with zero attached hydrogens (tertiary/aromatic N) is 1. The van der Waals surface area contributed by atoms with E-state index in [9.17, 15) is 0 Å². The second-order valence-corrected chi connectivity index (χ2v) is 4.73. The zero-order valence-electron chi connectivity index (χ0n) is 10.2. The van der Waals surface area contributed by atoms with Crippen LogP contribution in [0.4, 0.5) is 0 Å². The summed E-state index contributed by atoms with van der Waals surface area (Å²) >= 11 is 0. The van der Waals surface area contributed by atoms with Gasteiger partial charge in [0, 0.05) is 18.5 Å². The van der Waals surface area contributed by atoms with Crippen molar-refractivity contribution in [2.24, 2.45) is 5.73 Å². The van der Waals surface area contributed by atoms with Crippen LogP contribution in [-0.2, 0) is 6.42 Å². The number of fused-ring (bicyclic) bond motifs is 1. The Hall–Kier alpha value is -1.06. The number of nitrogens with two attached hydrogens (primary N) is 1. The summed E-state index contributed by atoms with van der Waals surface area (Å²) < 4.78 is 5.51. The predicted octanol–water partition coefficient (Wildman–Crippen LogP) is 1.57. The Kier molecular flexibility index (Phi) is 3.17. The molecule has 16 heavy (non-hydrogen) atoms. The Morgan fingerprint density at radius 2 is 2.12 bits per heavy atom. The highest BCUT2D eigenvalue weighted by Gasteiger charge is 2.21. The third-order valence-corrected chi connectivity index (χ3v) is 3.11. The number of hydrogen-bond acceptors (Lipinski definition) is 3. The molecule has 2 N–H and O–H groups in total. The molecular formula is C13H20N2O. The van der Waals surface area contributed by atoms with Gasteiger partial charge in [-0.1, -0.05) is 12.1 Å². The van der Waals surface area contributed by atoms with Crippen LogP contribution in [0.25, 0.3) is 0 Å². The first kappa shape index (κ1) is 11.4. The fourth-order valence-electron chi connectivity index (χ4n) is 2.46. The van der Waals surface area contributed by atoms with Crippen LogP contribution in [0.15, 0.2) is 18.2 Å². The second kappa shape index (κ2) is 4.44. The van der Waals surface area contributed by atoms with E-state index in [-0.39, 0.29) is 12.1 Å². The van der Waals surface area contributed by atoms with Crippen molar-refractivity contribution in [3.63, 3.8) is 0 Å². The average molecular weight is 220 g/mol. The molecule has 3 nitrogen and oxygen atoms in total. The van der Waals surface area contributed by atoms with Crippen molar-refractivity contribution in [1.29, 1.82) is 0 Å². The molecule has 88 valence electrons. The van der Waals surface area contributed by atoms with E-state index in [0.29, 0.717) is 0 Å². The molecule has 2 rings (SSSR count). The van der Waals surface area contributed by atoms with Gasteiger partial charge in [0.2, 0.25) is 0 Å². The van der Waals surface area contributed by atoms with Crippen molar-refractivity contribution in [3.8, 4) is 5.75 Å². The first-order valence-corrected chi connectivity index (χ1v) is 5.77. The summed E-state index contributed by atoms with van der Waals surface area (Å²) in [6.07, 6.45) is 1.02. The minimum absolute atomic E-state index is 0.121. The maximum atomic E-state index is 6.04. The standard InChI is InChI=1S/C13H20N2O/c1-9(14)13(15(2)3)11-4-5-12-10(8-11)6-7-16-12/h4-5,8-9,13H,6-7,14H2,1-3H3. The van der Waals surface area contributed by atoms with Crippen LogP contribution in [0.2, 0.25) is 0 Å². The molecule has 0 amide bonds. The van der Waals surface area contributed by atoms with Crippen molar-refractivity contribution in [3.05, 3.63) is 29.3 Å². The lowest BCUT2D eigenvalue weighted by Gasteiger charge is -2.28. The van der Waals surface area contributed by atoms with E-state index >= 15 is 0 Å². The molecule has 0 saturated heterocycles. The molecular weight excluding hydrogens is 200 g/mol. The van der Waals surface area contributed by atoms with Gasteiger partial charge < -0.3 is 15.4 Å². The monoisotopic (exact) mass is 220 g/mol. The average Bonchev–Trinajstić information content (AvgIpc) is 2.63. The van der Waals surface area contributed by atoms with Gasteiger partial charge >= 0.3 is 0 Å². The van der Waals surface area contributed by atoms with Crippen LogP contribution in [0.5, 0.6) is 5.75 Å². The van der Waals surface area contributed by atoms with E-state index in [0.717, 1.165) is 18.8 Å². The van der Waals surface area contributed by atoms with E-state index in [2.05, 4.69) is 37.2 Å². The fourth-order valence-corrected chi connectivity index (χ4v) is 2.46. The summed E-state index contributed by atoms with van der Waals surface area (Å²) in [5.74, 6) is 1.03. The van der Waals surface area contributed by atoms with Gasteiger partial charge in [-0.3, -0.25) is 0 Å². The van der Waals surface area contributed by atoms with E-state index in [4.69, 9.17) is 10.5 Å². The lowest BCUT2D eigenvalue weighted by atomic mass is 9.97.